The summed E-state index contributed by atoms with van der Waals surface area (Å²) < 4.78 is 1.20. The third-order valence-electron chi connectivity index (χ3n) is 4.36. The van der Waals surface area contributed by atoms with Crippen molar-refractivity contribution in [3.05, 3.63) is 74.3 Å². The first-order chi connectivity index (χ1) is 13.4. The Morgan fingerprint density at radius 2 is 1.96 bits per heavy atom. The smallest absolute Gasteiger partial charge is 0.311 e. The lowest BCUT2D eigenvalue weighted by Gasteiger charge is -2.12. The zero-order valence-electron chi connectivity index (χ0n) is 15.4. The van der Waals surface area contributed by atoms with Gasteiger partial charge in [-0.2, -0.15) is 0 Å². The van der Waals surface area contributed by atoms with E-state index in [0.29, 0.717) is 16.6 Å². The van der Waals surface area contributed by atoms with Crippen molar-refractivity contribution >= 4 is 33.6 Å². The van der Waals surface area contributed by atoms with Gasteiger partial charge in [-0.25, -0.2) is 0 Å². The van der Waals surface area contributed by atoms with E-state index >= 15 is 0 Å². The van der Waals surface area contributed by atoms with Gasteiger partial charge in [0.05, 0.1) is 6.10 Å². The fraction of sp³-hybridized carbons (Fsp3) is 0.250. The van der Waals surface area contributed by atoms with Crippen LogP contribution in [0.1, 0.15) is 17.2 Å². The number of aliphatic hydroxyl groups is 1. The van der Waals surface area contributed by atoms with Crippen LogP contribution in [0.3, 0.4) is 0 Å². The summed E-state index contributed by atoms with van der Waals surface area (Å²) in [5.41, 5.74) is 2.73. The number of nitrogens with zero attached hydrogens (tertiary/aromatic N) is 1. The second-order valence-corrected chi connectivity index (χ2v) is 7.82. The van der Waals surface area contributed by atoms with E-state index in [1.807, 2.05) is 36.4 Å². The molecule has 148 valence electrons. The number of hydrogen-bond donors (Lipinski definition) is 4. The molecule has 0 saturated carbocycles. The minimum atomic E-state index is -0.601. The maximum Gasteiger partial charge on any atom is 0.311 e. The van der Waals surface area contributed by atoms with Crippen molar-refractivity contribution in [1.29, 1.82) is 0 Å². The highest BCUT2D eigenvalue weighted by Crippen LogP contribution is 2.28. The Balaban J connectivity index is 1.47. The van der Waals surface area contributed by atoms with Crippen LogP contribution in [-0.2, 0) is 13.5 Å². The van der Waals surface area contributed by atoms with E-state index in [9.17, 15) is 15.0 Å². The third kappa shape index (κ3) is 5.14. The maximum atomic E-state index is 11.6. The molecule has 8 heteroatoms. The van der Waals surface area contributed by atoms with Crippen LogP contribution in [0.25, 0.3) is 0 Å². The summed E-state index contributed by atoms with van der Waals surface area (Å²) >= 11 is 6.91. The molecule has 1 aromatic heterocycles. The first-order valence-corrected chi connectivity index (χ1v) is 10.0. The second kappa shape index (κ2) is 9.25. The zero-order chi connectivity index (χ0) is 20.1. The third-order valence-corrected chi connectivity index (χ3v) is 5.53. The van der Waals surface area contributed by atoms with Crippen molar-refractivity contribution in [3.63, 3.8) is 0 Å². The Bertz CT molecular complexity index is 985. The van der Waals surface area contributed by atoms with Gasteiger partial charge < -0.3 is 20.8 Å². The average molecular weight is 420 g/mol. The number of aliphatic hydroxyl groups excluding tert-OH is 1. The van der Waals surface area contributed by atoms with Crippen molar-refractivity contribution in [2.45, 2.75) is 12.5 Å². The number of benzene rings is 2. The lowest BCUT2D eigenvalue weighted by molar-refractivity contribution is 0.175. The summed E-state index contributed by atoms with van der Waals surface area (Å²) in [4.78, 5) is 11.3. The summed E-state index contributed by atoms with van der Waals surface area (Å²) in [7, 11) is 1.53. The van der Waals surface area contributed by atoms with Crippen LogP contribution in [0, 0.1) is 0 Å². The molecule has 4 N–H and O–H groups in total. The molecule has 0 bridgehead atoms. The SMILES string of the molecule is Cn1c(O)c(Nc2ccc(CCNC[C@H](O)c3cccc(Cl)c3)cc2)sc1=O. The van der Waals surface area contributed by atoms with Crippen LogP contribution in [0.4, 0.5) is 10.7 Å². The van der Waals surface area contributed by atoms with E-state index in [1.165, 1.54) is 11.6 Å². The molecule has 0 fully saturated rings. The quantitative estimate of drug-likeness (QED) is 0.420. The molecular weight excluding hydrogens is 398 g/mol. The Morgan fingerprint density at radius 1 is 1.21 bits per heavy atom. The molecule has 28 heavy (non-hydrogen) atoms. The minimum Gasteiger partial charge on any atom is -0.492 e. The van der Waals surface area contributed by atoms with Crippen LogP contribution >= 0.6 is 22.9 Å². The Morgan fingerprint density at radius 3 is 2.61 bits per heavy atom. The molecule has 6 nitrogen and oxygen atoms in total. The van der Waals surface area contributed by atoms with Crippen LogP contribution in [-0.4, -0.2) is 27.9 Å². The molecule has 2 aromatic carbocycles. The van der Waals surface area contributed by atoms with Gasteiger partial charge in [0.1, 0.15) is 0 Å². The number of rotatable bonds is 8. The Kier molecular flexibility index (Phi) is 6.74. The number of hydrogen-bond acceptors (Lipinski definition) is 6. The fourth-order valence-electron chi connectivity index (χ4n) is 2.71. The van der Waals surface area contributed by atoms with E-state index < -0.39 is 6.10 Å². The monoisotopic (exact) mass is 419 g/mol. The first-order valence-electron chi connectivity index (χ1n) is 8.83. The number of anilines is 2. The standard InChI is InChI=1S/C20H22ClN3O3S/c1-24-19(26)18(28-20(24)27)23-16-7-5-13(6-8-16)9-10-22-12-17(25)14-3-2-4-15(21)11-14/h2-8,11,17,22-23,25-26H,9-10,12H2,1H3/t17-/m0/s1. The van der Waals surface area contributed by atoms with E-state index in [2.05, 4.69) is 10.6 Å². The van der Waals surface area contributed by atoms with Gasteiger partial charge in [-0.3, -0.25) is 9.36 Å². The van der Waals surface area contributed by atoms with Crippen LogP contribution in [0.2, 0.25) is 5.02 Å². The lowest BCUT2D eigenvalue weighted by atomic mass is 10.1. The Labute approximate surface area is 172 Å². The highest BCUT2D eigenvalue weighted by molar-refractivity contribution is 7.14. The highest BCUT2D eigenvalue weighted by atomic mass is 35.5. The normalized spacial score (nSPS) is 12.1. The molecule has 0 amide bonds. The van der Waals surface area contributed by atoms with Crippen LogP contribution in [0.15, 0.2) is 53.3 Å². The van der Waals surface area contributed by atoms with Crippen LogP contribution < -0.4 is 15.5 Å². The summed E-state index contributed by atoms with van der Waals surface area (Å²) in [6, 6.07) is 15.0. The number of thiazole rings is 1. The minimum absolute atomic E-state index is 0.0680. The predicted molar refractivity (Wildman–Crippen MR) is 114 cm³/mol. The summed E-state index contributed by atoms with van der Waals surface area (Å²) in [5.74, 6) is -0.0680. The van der Waals surface area contributed by atoms with Gasteiger partial charge >= 0.3 is 4.87 Å². The molecule has 0 radical (unpaired) electrons. The molecule has 0 aliphatic rings. The van der Waals surface area contributed by atoms with Crippen molar-refractivity contribution in [3.8, 4) is 5.88 Å². The first kappa shape index (κ1) is 20.4. The molecule has 0 saturated heterocycles. The van der Waals surface area contributed by atoms with Crippen LogP contribution in [0.5, 0.6) is 5.88 Å². The lowest BCUT2D eigenvalue weighted by Crippen LogP contribution is -2.23. The van der Waals surface area contributed by atoms with E-state index in [0.717, 1.165) is 41.1 Å². The molecular formula is C20H22ClN3O3S. The van der Waals surface area contributed by atoms with Gasteiger partial charge in [0, 0.05) is 24.3 Å². The molecule has 0 aliphatic carbocycles. The number of aromatic hydroxyl groups is 1. The van der Waals surface area contributed by atoms with Crippen molar-refractivity contribution in [1.82, 2.24) is 9.88 Å². The largest absolute Gasteiger partial charge is 0.492 e. The van der Waals surface area contributed by atoms with Gasteiger partial charge in [0.2, 0.25) is 5.88 Å². The summed E-state index contributed by atoms with van der Waals surface area (Å²) in [6.45, 7) is 1.18. The van der Waals surface area contributed by atoms with Gasteiger partial charge in [-0.1, -0.05) is 47.2 Å². The summed E-state index contributed by atoms with van der Waals surface area (Å²) in [6.07, 6.45) is 0.211. The van der Waals surface area contributed by atoms with E-state index in [1.54, 1.807) is 12.1 Å². The highest BCUT2D eigenvalue weighted by Gasteiger charge is 2.11. The molecule has 1 atom stereocenters. The van der Waals surface area contributed by atoms with Gasteiger partial charge in [0.15, 0.2) is 5.00 Å². The fourth-order valence-corrected chi connectivity index (χ4v) is 3.70. The number of nitrogens with one attached hydrogen (secondary N) is 2. The van der Waals surface area contributed by atoms with Gasteiger partial charge in [0.25, 0.3) is 0 Å². The van der Waals surface area contributed by atoms with Crippen molar-refractivity contribution < 1.29 is 10.2 Å². The molecule has 0 unspecified atom stereocenters. The molecule has 0 spiro atoms. The maximum absolute atomic E-state index is 11.6. The second-order valence-electron chi connectivity index (χ2n) is 6.43. The molecule has 1 heterocycles. The van der Waals surface area contributed by atoms with E-state index in [-0.39, 0.29) is 10.8 Å². The van der Waals surface area contributed by atoms with Gasteiger partial charge in [-0.05, 0) is 48.4 Å². The molecule has 3 rings (SSSR count). The topological polar surface area (TPSA) is 86.5 Å². The zero-order valence-corrected chi connectivity index (χ0v) is 16.9. The molecule has 3 aromatic rings. The number of halogens is 1. The molecule has 0 aliphatic heterocycles. The average Bonchev–Trinajstić information content (AvgIpc) is 2.93. The van der Waals surface area contributed by atoms with Crippen molar-refractivity contribution in [2.24, 2.45) is 7.05 Å². The Hall–Kier alpha value is -2.32. The van der Waals surface area contributed by atoms with E-state index in [4.69, 9.17) is 11.6 Å². The summed E-state index contributed by atoms with van der Waals surface area (Å²) in [5, 5.41) is 27.4. The number of aromatic nitrogens is 1. The van der Waals surface area contributed by atoms with Gasteiger partial charge in [-0.15, -0.1) is 0 Å². The predicted octanol–water partition coefficient (Wildman–Crippen LogP) is 3.42. The van der Waals surface area contributed by atoms with Crippen molar-refractivity contribution in [2.75, 3.05) is 18.4 Å².